The molecule has 2 N–H and O–H groups in total. The number of thiocarbonyl (C=S) groups is 1. The third-order valence-corrected chi connectivity index (χ3v) is 5.74. The summed E-state index contributed by atoms with van der Waals surface area (Å²) < 4.78 is 5.30. The SMILES string of the molecule is COc1ccc([C@@H](CNC(=S)NC2CCCCC2)N2CCCC2)cc1. The Morgan fingerprint density at radius 1 is 1.12 bits per heavy atom. The first-order chi connectivity index (χ1) is 12.3. The summed E-state index contributed by atoms with van der Waals surface area (Å²) >= 11 is 5.56. The summed E-state index contributed by atoms with van der Waals surface area (Å²) in [6, 6.07) is 9.38. The van der Waals surface area contributed by atoms with Crippen LogP contribution in [0.4, 0.5) is 0 Å². The van der Waals surface area contributed by atoms with Gasteiger partial charge in [0.1, 0.15) is 5.75 Å². The van der Waals surface area contributed by atoms with Gasteiger partial charge in [0.15, 0.2) is 5.11 Å². The van der Waals surface area contributed by atoms with Gasteiger partial charge in [0.2, 0.25) is 0 Å². The number of likely N-dealkylation sites (tertiary alicyclic amines) is 1. The number of nitrogens with one attached hydrogen (secondary N) is 2. The molecule has 0 bridgehead atoms. The molecule has 1 heterocycles. The maximum absolute atomic E-state index is 5.56. The number of hydrogen-bond donors (Lipinski definition) is 2. The highest BCUT2D eigenvalue weighted by Crippen LogP contribution is 2.26. The van der Waals surface area contributed by atoms with Gasteiger partial charge in [-0.2, -0.15) is 0 Å². The van der Waals surface area contributed by atoms with Crippen molar-refractivity contribution < 1.29 is 4.74 Å². The maximum atomic E-state index is 5.56. The van der Waals surface area contributed by atoms with Crippen molar-refractivity contribution in [3.8, 4) is 5.75 Å². The third kappa shape index (κ3) is 5.32. The molecule has 1 saturated carbocycles. The van der Waals surface area contributed by atoms with Crippen molar-refractivity contribution in [1.82, 2.24) is 15.5 Å². The van der Waals surface area contributed by atoms with Crippen LogP contribution in [0.3, 0.4) is 0 Å². The van der Waals surface area contributed by atoms with Crippen LogP contribution in [0.15, 0.2) is 24.3 Å². The molecule has 0 spiro atoms. The summed E-state index contributed by atoms with van der Waals surface area (Å²) in [6.07, 6.45) is 9.08. The number of benzene rings is 1. The molecule has 1 aromatic carbocycles. The summed E-state index contributed by atoms with van der Waals surface area (Å²) in [4.78, 5) is 2.57. The quantitative estimate of drug-likeness (QED) is 0.757. The van der Waals surface area contributed by atoms with Crippen LogP contribution < -0.4 is 15.4 Å². The number of hydrogen-bond acceptors (Lipinski definition) is 3. The van der Waals surface area contributed by atoms with Gasteiger partial charge in [-0.05, 0) is 68.7 Å². The Bertz CT molecular complexity index is 536. The Balaban J connectivity index is 1.58. The predicted octanol–water partition coefficient (Wildman–Crippen LogP) is 3.63. The topological polar surface area (TPSA) is 36.5 Å². The van der Waals surface area contributed by atoms with Gasteiger partial charge in [0.05, 0.1) is 13.2 Å². The lowest BCUT2D eigenvalue weighted by molar-refractivity contribution is 0.245. The van der Waals surface area contributed by atoms with Crippen molar-refractivity contribution in [2.45, 2.75) is 57.0 Å². The first-order valence-corrected chi connectivity index (χ1v) is 10.1. The molecular formula is C20H31N3OS. The molecule has 138 valence electrons. The van der Waals surface area contributed by atoms with E-state index >= 15 is 0 Å². The normalized spacial score (nSPS) is 20.2. The molecule has 0 aromatic heterocycles. The fourth-order valence-electron chi connectivity index (χ4n) is 4.01. The number of rotatable bonds is 6. The molecule has 1 aromatic rings. The van der Waals surface area contributed by atoms with Crippen molar-refractivity contribution in [2.24, 2.45) is 0 Å². The molecule has 0 unspecified atom stereocenters. The zero-order chi connectivity index (χ0) is 17.5. The van der Waals surface area contributed by atoms with Crippen LogP contribution in [-0.4, -0.2) is 42.8 Å². The summed E-state index contributed by atoms with van der Waals surface area (Å²) in [5.41, 5.74) is 1.33. The van der Waals surface area contributed by atoms with Crippen LogP contribution in [0.1, 0.15) is 56.6 Å². The molecular weight excluding hydrogens is 330 g/mol. The summed E-state index contributed by atoms with van der Waals surface area (Å²) in [5.74, 6) is 0.909. The molecule has 1 atom stereocenters. The first-order valence-electron chi connectivity index (χ1n) is 9.68. The lowest BCUT2D eigenvalue weighted by Gasteiger charge is -2.30. The third-order valence-electron chi connectivity index (χ3n) is 5.48. The molecule has 0 radical (unpaired) electrons. The van der Waals surface area contributed by atoms with Gasteiger partial charge in [0.25, 0.3) is 0 Å². The molecule has 25 heavy (non-hydrogen) atoms. The molecule has 5 heteroatoms. The Kier molecular flexibility index (Phi) is 6.93. The van der Waals surface area contributed by atoms with E-state index in [1.165, 1.54) is 63.6 Å². The second-order valence-electron chi connectivity index (χ2n) is 7.22. The second kappa shape index (κ2) is 9.39. The Morgan fingerprint density at radius 2 is 1.80 bits per heavy atom. The average Bonchev–Trinajstić information content (AvgIpc) is 3.18. The highest BCUT2D eigenvalue weighted by Gasteiger charge is 2.24. The van der Waals surface area contributed by atoms with Gasteiger partial charge in [-0.1, -0.05) is 31.4 Å². The number of nitrogens with zero attached hydrogens (tertiary/aromatic N) is 1. The van der Waals surface area contributed by atoms with E-state index in [-0.39, 0.29) is 0 Å². The standard InChI is InChI=1S/C20H31N3OS/c1-24-18-11-9-16(10-12-18)19(23-13-5-6-14-23)15-21-20(25)22-17-7-3-2-4-8-17/h9-12,17,19H,2-8,13-15H2,1H3,(H2,21,22,25)/t19-/m1/s1. The van der Waals surface area contributed by atoms with Gasteiger partial charge in [0, 0.05) is 12.6 Å². The van der Waals surface area contributed by atoms with Crippen molar-refractivity contribution in [2.75, 3.05) is 26.7 Å². The Morgan fingerprint density at radius 3 is 2.44 bits per heavy atom. The highest BCUT2D eigenvalue weighted by atomic mass is 32.1. The molecule has 2 fully saturated rings. The zero-order valence-corrected chi connectivity index (χ0v) is 16.1. The van der Waals surface area contributed by atoms with Gasteiger partial charge in [-0.15, -0.1) is 0 Å². The summed E-state index contributed by atoms with van der Waals surface area (Å²) in [5, 5.41) is 7.81. The fraction of sp³-hybridized carbons (Fsp3) is 0.650. The lowest BCUT2D eigenvalue weighted by atomic mass is 9.96. The number of methoxy groups -OCH3 is 1. The van der Waals surface area contributed by atoms with E-state index in [4.69, 9.17) is 17.0 Å². The first kappa shape index (κ1) is 18.5. The summed E-state index contributed by atoms with van der Waals surface area (Å²) in [7, 11) is 1.71. The van der Waals surface area contributed by atoms with E-state index in [0.717, 1.165) is 17.4 Å². The van der Waals surface area contributed by atoms with Gasteiger partial charge in [-0.3, -0.25) is 4.90 Å². The van der Waals surface area contributed by atoms with Crippen molar-refractivity contribution in [3.63, 3.8) is 0 Å². The van der Waals surface area contributed by atoms with E-state index in [2.05, 4.69) is 39.8 Å². The Hall–Kier alpha value is -1.33. The van der Waals surface area contributed by atoms with Gasteiger partial charge in [-0.25, -0.2) is 0 Å². The second-order valence-corrected chi connectivity index (χ2v) is 7.63. The molecule has 0 amide bonds. The molecule has 1 aliphatic heterocycles. The largest absolute Gasteiger partial charge is 0.497 e. The van der Waals surface area contributed by atoms with E-state index in [0.29, 0.717) is 12.1 Å². The zero-order valence-electron chi connectivity index (χ0n) is 15.3. The van der Waals surface area contributed by atoms with Crippen LogP contribution in [0.25, 0.3) is 0 Å². The fourth-order valence-corrected chi connectivity index (χ4v) is 4.26. The number of ether oxygens (including phenoxy) is 1. The molecule has 4 nitrogen and oxygen atoms in total. The smallest absolute Gasteiger partial charge is 0.166 e. The van der Waals surface area contributed by atoms with Gasteiger partial charge >= 0.3 is 0 Å². The van der Waals surface area contributed by atoms with Crippen LogP contribution in [0, 0.1) is 0 Å². The minimum atomic E-state index is 0.361. The highest BCUT2D eigenvalue weighted by molar-refractivity contribution is 7.80. The Labute approximate surface area is 157 Å². The van der Waals surface area contributed by atoms with Crippen LogP contribution in [0.5, 0.6) is 5.75 Å². The molecule has 2 aliphatic rings. The van der Waals surface area contributed by atoms with E-state index in [9.17, 15) is 0 Å². The van der Waals surface area contributed by atoms with Crippen molar-refractivity contribution in [3.05, 3.63) is 29.8 Å². The minimum Gasteiger partial charge on any atom is -0.497 e. The summed E-state index contributed by atoms with van der Waals surface area (Å²) in [6.45, 7) is 3.19. The minimum absolute atomic E-state index is 0.361. The maximum Gasteiger partial charge on any atom is 0.166 e. The van der Waals surface area contributed by atoms with Crippen molar-refractivity contribution >= 4 is 17.3 Å². The monoisotopic (exact) mass is 361 g/mol. The average molecular weight is 362 g/mol. The molecule has 3 rings (SSSR count). The van der Waals surface area contributed by atoms with Crippen LogP contribution >= 0.6 is 12.2 Å². The van der Waals surface area contributed by atoms with Crippen LogP contribution in [0.2, 0.25) is 0 Å². The van der Waals surface area contributed by atoms with Crippen LogP contribution in [-0.2, 0) is 0 Å². The van der Waals surface area contributed by atoms with E-state index in [1.54, 1.807) is 7.11 Å². The van der Waals surface area contributed by atoms with E-state index < -0.39 is 0 Å². The van der Waals surface area contributed by atoms with Crippen molar-refractivity contribution in [1.29, 1.82) is 0 Å². The van der Waals surface area contributed by atoms with Gasteiger partial charge < -0.3 is 15.4 Å². The van der Waals surface area contributed by atoms with E-state index in [1.807, 2.05) is 0 Å². The predicted molar refractivity (Wildman–Crippen MR) is 107 cm³/mol. The molecule has 1 saturated heterocycles. The lowest BCUT2D eigenvalue weighted by Crippen LogP contribution is -2.45. The molecule has 1 aliphatic carbocycles.